The number of aromatic nitrogens is 2. The van der Waals surface area contributed by atoms with E-state index in [4.69, 9.17) is 11.6 Å². The zero-order valence-electron chi connectivity index (χ0n) is 13.3. The van der Waals surface area contributed by atoms with E-state index in [-0.39, 0.29) is 0 Å². The number of carboxylic acid groups (broad SMARTS) is 1. The van der Waals surface area contributed by atoms with Crippen molar-refractivity contribution in [2.45, 2.75) is 30.5 Å². The second-order valence-corrected chi connectivity index (χ2v) is 8.74. The zero-order chi connectivity index (χ0) is 17.5. The number of rotatable bonds is 4. The van der Waals surface area contributed by atoms with Crippen LogP contribution < -0.4 is 0 Å². The van der Waals surface area contributed by atoms with Gasteiger partial charge in [-0.1, -0.05) is 35.5 Å². The minimum absolute atomic E-state index is 0.635. The Morgan fingerprint density at radius 1 is 1.25 bits per heavy atom. The number of thiophene rings is 1. The van der Waals surface area contributed by atoms with Gasteiger partial charge in [0.2, 0.25) is 0 Å². The Morgan fingerprint density at radius 3 is 2.54 bits per heavy atom. The maximum absolute atomic E-state index is 11.5. The fraction of sp³-hybridized carbons (Fsp3) is 0.235. The molecule has 0 unspecified atom stereocenters. The Labute approximate surface area is 152 Å². The van der Waals surface area contributed by atoms with Gasteiger partial charge in [-0.05, 0) is 38.5 Å². The molecule has 3 aromatic rings. The molecule has 2 aromatic heterocycles. The molecular weight excluding hydrogens is 364 g/mol. The highest BCUT2D eigenvalue weighted by Gasteiger charge is 2.31. The van der Waals surface area contributed by atoms with Gasteiger partial charge in [0.25, 0.3) is 0 Å². The molecule has 24 heavy (non-hydrogen) atoms. The molecule has 7 heteroatoms. The summed E-state index contributed by atoms with van der Waals surface area (Å²) in [4.78, 5) is 21.4. The van der Waals surface area contributed by atoms with Crippen LogP contribution in [0.2, 0.25) is 5.02 Å². The highest BCUT2D eigenvalue weighted by atomic mass is 35.5. The van der Waals surface area contributed by atoms with Gasteiger partial charge in [0.15, 0.2) is 0 Å². The van der Waals surface area contributed by atoms with Crippen molar-refractivity contribution in [1.82, 2.24) is 9.97 Å². The van der Waals surface area contributed by atoms with Crippen LogP contribution in [0.1, 0.15) is 19.7 Å². The Morgan fingerprint density at radius 2 is 1.92 bits per heavy atom. The van der Waals surface area contributed by atoms with Crippen molar-refractivity contribution in [2.24, 2.45) is 0 Å². The van der Waals surface area contributed by atoms with Crippen LogP contribution in [-0.4, -0.2) is 25.8 Å². The van der Waals surface area contributed by atoms with Crippen molar-refractivity contribution in [3.8, 4) is 11.1 Å². The lowest BCUT2D eigenvalue weighted by molar-refractivity contribution is -0.138. The molecular formula is C17H15ClN2O2S2. The molecule has 0 spiro atoms. The van der Waals surface area contributed by atoms with Gasteiger partial charge in [-0.3, -0.25) is 4.79 Å². The summed E-state index contributed by atoms with van der Waals surface area (Å²) in [5, 5.41) is 13.7. The molecule has 0 atom stereocenters. The SMILES string of the molecule is Cc1nc(SC(C)(C)C(=O)O)c2c(-c3ccc(Cl)cc3)csc2n1. The molecule has 0 aliphatic heterocycles. The number of hydrogen-bond acceptors (Lipinski definition) is 5. The van der Waals surface area contributed by atoms with Crippen molar-refractivity contribution in [1.29, 1.82) is 0 Å². The number of fused-ring (bicyclic) bond motifs is 1. The molecule has 0 bridgehead atoms. The number of carbonyl (C=O) groups is 1. The number of nitrogens with zero attached hydrogens (tertiary/aromatic N) is 2. The normalized spacial score (nSPS) is 11.8. The van der Waals surface area contributed by atoms with Gasteiger partial charge in [0.1, 0.15) is 20.4 Å². The first-order valence-electron chi connectivity index (χ1n) is 7.22. The molecule has 124 valence electrons. The second-order valence-electron chi connectivity index (χ2n) is 5.83. The van der Waals surface area contributed by atoms with E-state index in [1.165, 1.54) is 23.1 Å². The van der Waals surface area contributed by atoms with Gasteiger partial charge >= 0.3 is 5.97 Å². The molecule has 0 radical (unpaired) electrons. The van der Waals surface area contributed by atoms with Crippen molar-refractivity contribution < 1.29 is 9.90 Å². The molecule has 0 fully saturated rings. The van der Waals surface area contributed by atoms with E-state index in [0.29, 0.717) is 15.9 Å². The first-order chi connectivity index (χ1) is 11.3. The maximum atomic E-state index is 11.5. The van der Waals surface area contributed by atoms with E-state index in [1.54, 1.807) is 13.8 Å². The van der Waals surface area contributed by atoms with E-state index in [0.717, 1.165) is 21.3 Å². The fourth-order valence-corrected chi connectivity index (χ4v) is 4.45. The number of aryl methyl sites for hydroxylation is 1. The topological polar surface area (TPSA) is 63.1 Å². The van der Waals surface area contributed by atoms with Gasteiger partial charge in [-0.25, -0.2) is 9.97 Å². The van der Waals surface area contributed by atoms with E-state index in [2.05, 4.69) is 9.97 Å². The van der Waals surface area contributed by atoms with Gasteiger partial charge in [-0.2, -0.15) is 0 Å². The number of aliphatic carboxylic acids is 1. The number of benzene rings is 1. The lowest BCUT2D eigenvalue weighted by Crippen LogP contribution is -2.27. The third kappa shape index (κ3) is 3.27. The Bertz CT molecular complexity index is 920. The molecule has 0 amide bonds. The minimum atomic E-state index is -0.979. The molecule has 0 aliphatic rings. The average Bonchev–Trinajstić information content (AvgIpc) is 2.91. The first-order valence-corrected chi connectivity index (χ1v) is 9.29. The summed E-state index contributed by atoms with van der Waals surface area (Å²) in [5.74, 6) is -0.240. The third-order valence-electron chi connectivity index (χ3n) is 3.53. The Balaban J connectivity index is 2.19. The van der Waals surface area contributed by atoms with Crippen molar-refractivity contribution >= 4 is 50.9 Å². The molecule has 0 aliphatic carbocycles. The standard InChI is InChI=1S/C17H15ClN2O2S2/c1-9-19-14-13(15(20-9)24-17(2,3)16(21)22)12(8-23-14)10-4-6-11(18)7-5-10/h4-8H,1-3H3,(H,21,22). The van der Waals surface area contributed by atoms with Gasteiger partial charge in [0.05, 0.1) is 5.39 Å². The first kappa shape index (κ1) is 17.2. The average molecular weight is 379 g/mol. The summed E-state index contributed by atoms with van der Waals surface area (Å²) in [6, 6.07) is 7.56. The van der Waals surface area contributed by atoms with Crippen molar-refractivity contribution in [3.05, 3.63) is 40.5 Å². The molecule has 1 aromatic carbocycles. The van der Waals surface area contributed by atoms with E-state index >= 15 is 0 Å². The lowest BCUT2D eigenvalue weighted by Gasteiger charge is -2.18. The number of hydrogen-bond donors (Lipinski definition) is 1. The highest BCUT2D eigenvalue weighted by Crippen LogP contribution is 2.42. The van der Waals surface area contributed by atoms with E-state index in [1.807, 2.05) is 36.6 Å². The molecule has 0 saturated carbocycles. The monoisotopic (exact) mass is 378 g/mol. The predicted octanol–water partition coefficient (Wildman–Crippen LogP) is 5.28. The summed E-state index contributed by atoms with van der Waals surface area (Å²) in [6.07, 6.45) is 0. The highest BCUT2D eigenvalue weighted by molar-refractivity contribution is 8.01. The van der Waals surface area contributed by atoms with Crippen LogP contribution in [0.4, 0.5) is 0 Å². The summed E-state index contributed by atoms with van der Waals surface area (Å²) in [7, 11) is 0. The van der Waals surface area contributed by atoms with Crippen LogP contribution in [0.3, 0.4) is 0 Å². The van der Waals surface area contributed by atoms with Gasteiger partial charge in [-0.15, -0.1) is 11.3 Å². The molecule has 0 saturated heterocycles. The molecule has 1 N–H and O–H groups in total. The van der Waals surface area contributed by atoms with Gasteiger partial charge in [0, 0.05) is 16.0 Å². The zero-order valence-corrected chi connectivity index (χ0v) is 15.7. The predicted molar refractivity (Wildman–Crippen MR) is 100 cm³/mol. The number of carboxylic acids is 1. The van der Waals surface area contributed by atoms with E-state index in [9.17, 15) is 9.90 Å². The van der Waals surface area contributed by atoms with Crippen LogP contribution in [0.25, 0.3) is 21.3 Å². The van der Waals surface area contributed by atoms with Crippen LogP contribution in [-0.2, 0) is 4.79 Å². The van der Waals surface area contributed by atoms with Gasteiger partial charge < -0.3 is 5.11 Å². The fourth-order valence-electron chi connectivity index (χ4n) is 2.21. The van der Waals surface area contributed by atoms with Crippen LogP contribution in [0, 0.1) is 6.92 Å². The minimum Gasteiger partial charge on any atom is -0.480 e. The van der Waals surface area contributed by atoms with Crippen molar-refractivity contribution in [2.75, 3.05) is 0 Å². The summed E-state index contributed by atoms with van der Waals surface area (Å²) < 4.78 is -0.979. The maximum Gasteiger partial charge on any atom is 0.319 e. The Kier molecular flexibility index (Phi) is 4.55. The number of thioether (sulfide) groups is 1. The van der Waals surface area contributed by atoms with Crippen LogP contribution in [0.5, 0.6) is 0 Å². The smallest absolute Gasteiger partial charge is 0.319 e. The quantitative estimate of drug-likeness (QED) is 0.494. The van der Waals surface area contributed by atoms with E-state index < -0.39 is 10.7 Å². The third-order valence-corrected chi connectivity index (χ3v) is 5.83. The van der Waals surface area contributed by atoms with Crippen LogP contribution in [0.15, 0.2) is 34.7 Å². The largest absolute Gasteiger partial charge is 0.480 e. The summed E-state index contributed by atoms with van der Waals surface area (Å²) >= 11 is 8.75. The summed E-state index contributed by atoms with van der Waals surface area (Å²) in [5.41, 5.74) is 2.00. The molecule has 3 rings (SSSR count). The number of halogens is 1. The van der Waals surface area contributed by atoms with Crippen LogP contribution >= 0.6 is 34.7 Å². The molecule has 2 heterocycles. The summed E-state index contributed by atoms with van der Waals surface area (Å²) in [6.45, 7) is 5.17. The Hall–Kier alpha value is -1.63. The second kappa shape index (κ2) is 6.35. The molecule has 4 nitrogen and oxygen atoms in total. The lowest BCUT2D eigenvalue weighted by atomic mass is 10.1. The van der Waals surface area contributed by atoms with Crippen molar-refractivity contribution in [3.63, 3.8) is 0 Å².